The fourth-order valence-corrected chi connectivity index (χ4v) is 2.86. The van der Waals surface area contributed by atoms with Crippen molar-refractivity contribution < 1.29 is 14.3 Å². The number of carbonyl (C=O) groups excluding carboxylic acids is 2. The number of hydrogen-bond acceptors (Lipinski definition) is 5. The molecular weight excluding hydrogens is 312 g/mol. The third kappa shape index (κ3) is 5.17. The molecule has 1 N–H and O–H groups in total. The summed E-state index contributed by atoms with van der Waals surface area (Å²) < 4.78 is 5.16. The first-order chi connectivity index (χ1) is 11.0. The highest BCUT2D eigenvalue weighted by atomic mass is 32.1. The van der Waals surface area contributed by atoms with Gasteiger partial charge < -0.3 is 10.1 Å². The zero-order valence-corrected chi connectivity index (χ0v) is 14.3. The summed E-state index contributed by atoms with van der Waals surface area (Å²) >= 11 is 1.14. The number of aromatic nitrogens is 1. The molecule has 0 atom stereocenters. The molecule has 0 bridgehead atoms. The molecular formula is C17H20N2O3S. The van der Waals surface area contributed by atoms with E-state index >= 15 is 0 Å². The molecule has 0 saturated heterocycles. The highest BCUT2D eigenvalue weighted by Gasteiger charge is 2.18. The number of anilines is 1. The number of aryl methyl sites for hydroxylation is 2. The first-order valence-electron chi connectivity index (χ1n) is 7.48. The van der Waals surface area contributed by atoms with Gasteiger partial charge in [0.05, 0.1) is 11.8 Å². The monoisotopic (exact) mass is 332 g/mol. The lowest BCUT2D eigenvalue weighted by molar-refractivity contribution is -0.116. The molecule has 5 nitrogen and oxygen atoms in total. The van der Waals surface area contributed by atoms with E-state index in [2.05, 4.69) is 10.3 Å². The molecule has 2 rings (SSSR count). The van der Waals surface area contributed by atoms with Gasteiger partial charge in [0.2, 0.25) is 5.91 Å². The van der Waals surface area contributed by atoms with E-state index in [1.54, 1.807) is 20.8 Å². The van der Waals surface area contributed by atoms with Gasteiger partial charge in [0.1, 0.15) is 4.88 Å². The minimum absolute atomic E-state index is 0.119. The molecule has 0 saturated carbocycles. The maximum absolute atomic E-state index is 12.0. The number of ether oxygens (including phenoxy) is 1. The van der Waals surface area contributed by atoms with Gasteiger partial charge in [-0.25, -0.2) is 9.78 Å². The molecule has 0 unspecified atom stereocenters. The standard InChI is InChI=1S/C17H20N2O3S/c1-11(2)22-16(21)15-12(3)18-17(23-15)19-14(20)10-9-13-7-5-4-6-8-13/h4-8,11H,9-10H2,1-3H3,(H,18,19,20). The average molecular weight is 332 g/mol. The summed E-state index contributed by atoms with van der Waals surface area (Å²) in [4.78, 5) is 28.6. The molecule has 0 spiro atoms. The maximum Gasteiger partial charge on any atom is 0.350 e. The van der Waals surface area contributed by atoms with Gasteiger partial charge in [-0.15, -0.1) is 0 Å². The number of carbonyl (C=O) groups is 2. The predicted molar refractivity (Wildman–Crippen MR) is 90.8 cm³/mol. The second kappa shape index (κ2) is 7.87. The summed E-state index contributed by atoms with van der Waals surface area (Å²) in [6.45, 7) is 5.31. The summed E-state index contributed by atoms with van der Waals surface area (Å²) in [7, 11) is 0. The summed E-state index contributed by atoms with van der Waals surface area (Å²) in [6.07, 6.45) is 0.848. The Bertz CT molecular complexity index is 680. The number of amides is 1. The van der Waals surface area contributed by atoms with E-state index in [1.165, 1.54) is 0 Å². The van der Waals surface area contributed by atoms with Crippen molar-refractivity contribution in [3.63, 3.8) is 0 Å². The van der Waals surface area contributed by atoms with Gasteiger partial charge in [0.25, 0.3) is 0 Å². The molecule has 0 aliphatic rings. The molecule has 1 aromatic carbocycles. The fraction of sp³-hybridized carbons (Fsp3) is 0.353. The van der Waals surface area contributed by atoms with Crippen molar-refractivity contribution in [2.45, 2.75) is 39.7 Å². The van der Waals surface area contributed by atoms with Crippen molar-refractivity contribution >= 4 is 28.3 Å². The number of nitrogens with one attached hydrogen (secondary N) is 1. The van der Waals surface area contributed by atoms with Crippen LogP contribution in [-0.2, 0) is 16.0 Å². The molecule has 0 fully saturated rings. The number of rotatable bonds is 6. The first kappa shape index (κ1) is 17.1. The Balaban J connectivity index is 1.92. The molecule has 0 aliphatic carbocycles. The Morgan fingerprint density at radius 2 is 1.96 bits per heavy atom. The Hall–Kier alpha value is -2.21. The number of esters is 1. The van der Waals surface area contributed by atoms with E-state index in [0.29, 0.717) is 28.5 Å². The van der Waals surface area contributed by atoms with Crippen LogP contribution in [0.2, 0.25) is 0 Å². The highest BCUT2D eigenvalue weighted by Crippen LogP contribution is 2.24. The van der Waals surface area contributed by atoms with Crippen molar-refractivity contribution in [2.75, 3.05) is 5.32 Å². The van der Waals surface area contributed by atoms with E-state index in [1.807, 2.05) is 30.3 Å². The van der Waals surface area contributed by atoms with Crippen molar-refractivity contribution in [1.29, 1.82) is 0 Å². The van der Waals surface area contributed by atoms with Crippen LogP contribution < -0.4 is 5.32 Å². The smallest absolute Gasteiger partial charge is 0.350 e. The van der Waals surface area contributed by atoms with Crippen molar-refractivity contribution in [3.05, 3.63) is 46.5 Å². The molecule has 0 aliphatic heterocycles. The van der Waals surface area contributed by atoms with E-state index in [0.717, 1.165) is 16.9 Å². The third-order valence-electron chi connectivity index (χ3n) is 3.05. The SMILES string of the molecule is Cc1nc(NC(=O)CCc2ccccc2)sc1C(=O)OC(C)C. The Morgan fingerprint density at radius 1 is 1.26 bits per heavy atom. The fourth-order valence-electron chi connectivity index (χ4n) is 1.99. The Labute approximate surface area is 139 Å². The van der Waals surface area contributed by atoms with Crippen molar-refractivity contribution in [1.82, 2.24) is 4.98 Å². The lowest BCUT2D eigenvalue weighted by Crippen LogP contribution is -2.12. The van der Waals surface area contributed by atoms with Gasteiger partial charge in [-0.3, -0.25) is 4.79 Å². The minimum Gasteiger partial charge on any atom is -0.459 e. The maximum atomic E-state index is 12.0. The van der Waals surface area contributed by atoms with Crippen LogP contribution in [0.25, 0.3) is 0 Å². The van der Waals surface area contributed by atoms with Crippen LogP contribution in [0.3, 0.4) is 0 Å². The normalized spacial score (nSPS) is 10.6. The van der Waals surface area contributed by atoms with Gasteiger partial charge in [-0.2, -0.15) is 0 Å². The molecule has 23 heavy (non-hydrogen) atoms. The Kier molecular flexibility index (Phi) is 5.87. The van der Waals surface area contributed by atoms with E-state index < -0.39 is 5.97 Å². The zero-order chi connectivity index (χ0) is 16.8. The summed E-state index contributed by atoms with van der Waals surface area (Å²) in [5, 5.41) is 3.17. The predicted octanol–water partition coefficient (Wildman–Crippen LogP) is 3.59. The topological polar surface area (TPSA) is 68.3 Å². The molecule has 2 aromatic rings. The summed E-state index contributed by atoms with van der Waals surface area (Å²) in [5.74, 6) is -0.522. The van der Waals surface area contributed by atoms with Gasteiger partial charge in [0, 0.05) is 6.42 Å². The number of benzene rings is 1. The van der Waals surface area contributed by atoms with Crippen LogP contribution in [0.1, 0.15) is 41.2 Å². The van der Waals surface area contributed by atoms with E-state index in [9.17, 15) is 9.59 Å². The molecule has 6 heteroatoms. The van der Waals surface area contributed by atoms with Gasteiger partial charge >= 0.3 is 5.97 Å². The van der Waals surface area contributed by atoms with Gasteiger partial charge in [0.15, 0.2) is 5.13 Å². The molecule has 1 amide bonds. The number of nitrogens with zero attached hydrogens (tertiary/aromatic N) is 1. The molecule has 122 valence electrons. The lowest BCUT2D eigenvalue weighted by atomic mass is 10.1. The molecule has 1 aromatic heterocycles. The van der Waals surface area contributed by atoms with Crippen LogP contribution in [-0.4, -0.2) is 23.0 Å². The lowest BCUT2D eigenvalue weighted by Gasteiger charge is -2.05. The van der Waals surface area contributed by atoms with Crippen LogP contribution in [0, 0.1) is 6.92 Å². The molecule has 0 radical (unpaired) electrons. The summed E-state index contributed by atoms with van der Waals surface area (Å²) in [6, 6.07) is 9.81. The second-order valence-electron chi connectivity index (χ2n) is 5.42. The van der Waals surface area contributed by atoms with E-state index in [-0.39, 0.29) is 12.0 Å². The largest absolute Gasteiger partial charge is 0.459 e. The van der Waals surface area contributed by atoms with Crippen LogP contribution in [0.15, 0.2) is 30.3 Å². The molecule has 1 heterocycles. The van der Waals surface area contributed by atoms with Gasteiger partial charge in [-0.1, -0.05) is 41.7 Å². The van der Waals surface area contributed by atoms with Crippen molar-refractivity contribution in [2.24, 2.45) is 0 Å². The third-order valence-corrected chi connectivity index (χ3v) is 4.11. The first-order valence-corrected chi connectivity index (χ1v) is 8.29. The minimum atomic E-state index is -0.403. The highest BCUT2D eigenvalue weighted by molar-refractivity contribution is 7.17. The zero-order valence-electron chi connectivity index (χ0n) is 13.5. The number of hydrogen-bond donors (Lipinski definition) is 1. The number of thiazole rings is 1. The van der Waals surface area contributed by atoms with Crippen molar-refractivity contribution in [3.8, 4) is 0 Å². The van der Waals surface area contributed by atoms with E-state index in [4.69, 9.17) is 4.74 Å². The average Bonchev–Trinajstić information content (AvgIpc) is 2.86. The van der Waals surface area contributed by atoms with Gasteiger partial charge in [-0.05, 0) is 32.8 Å². The summed E-state index contributed by atoms with van der Waals surface area (Å²) in [5.41, 5.74) is 1.68. The quantitative estimate of drug-likeness (QED) is 0.821. The van der Waals surface area contributed by atoms with Crippen LogP contribution >= 0.6 is 11.3 Å². The Morgan fingerprint density at radius 3 is 2.61 bits per heavy atom. The van der Waals surface area contributed by atoms with Crippen LogP contribution in [0.5, 0.6) is 0 Å². The second-order valence-corrected chi connectivity index (χ2v) is 6.42. The van der Waals surface area contributed by atoms with Crippen LogP contribution in [0.4, 0.5) is 5.13 Å².